The molecule has 0 aliphatic heterocycles. The molecule has 0 saturated carbocycles. The van der Waals surface area contributed by atoms with Gasteiger partial charge in [-0.15, -0.1) is 0 Å². The summed E-state index contributed by atoms with van der Waals surface area (Å²) in [5.41, 5.74) is 26.6. The molecule has 0 heterocycles. The molecule has 0 unspecified atom stereocenters. The van der Waals surface area contributed by atoms with Gasteiger partial charge in [-0.3, -0.25) is 0 Å². The van der Waals surface area contributed by atoms with Crippen molar-refractivity contribution in [2.24, 2.45) is 0 Å². The fraction of sp³-hybridized carbons (Fsp3) is 0.333. The van der Waals surface area contributed by atoms with Crippen molar-refractivity contribution >= 4 is 22.7 Å². The van der Waals surface area contributed by atoms with Crippen molar-refractivity contribution in [1.82, 2.24) is 0 Å². The molecule has 144 valence electrons. The van der Waals surface area contributed by atoms with Gasteiger partial charge >= 0.3 is 0 Å². The molecule has 0 radical (unpaired) electrons. The minimum atomic E-state index is 0.430. The molecule has 0 aliphatic rings. The van der Waals surface area contributed by atoms with E-state index in [1.54, 1.807) is 26.4 Å². The molecule has 26 heavy (non-hydrogen) atoms. The molecule has 0 atom stereocenters. The van der Waals surface area contributed by atoms with E-state index in [0.29, 0.717) is 45.7 Å². The molecular weight excluding hydrogens is 336 g/mol. The summed E-state index contributed by atoms with van der Waals surface area (Å²) in [6, 6.07) is 3.59. The molecule has 0 saturated heterocycles. The SMILES string of the molecule is COc1cc(C)c(N)c(N)c1OC.COc1cc(C)c(N)c(N)c1OC. The summed E-state index contributed by atoms with van der Waals surface area (Å²) in [6.45, 7) is 3.74. The first-order valence-electron chi connectivity index (χ1n) is 7.76. The number of anilines is 4. The molecule has 0 spiro atoms. The molecular formula is C18H28N4O4. The van der Waals surface area contributed by atoms with Crippen molar-refractivity contribution in [2.75, 3.05) is 51.4 Å². The molecule has 0 fully saturated rings. The topological polar surface area (TPSA) is 141 Å². The van der Waals surface area contributed by atoms with Crippen LogP contribution in [0.2, 0.25) is 0 Å². The monoisotopic (exact) mass is 364 g/mol. The average molecular weight is 364 g/mol. The highest BCUT2D eigenvalue weighted by Gasteiger charge is 2.13. The number of rotatable bonds is 4. The quantitative estimate of drug-likeness (QED) is 0.606. The summed E-state index contributed by atoms with van der Waals surface area (Å²) in [6.07, 6.45) is 0. The van der Waals surface area contributed by atoms with Gasteiger partial charge in [0.15, 0.2) is 23.0 Å². The summed E-state index contributed by atoms with van der Waals surface area (Å²) in [7, 11) is 6.19. The maximum atomic E-state index is 5.74. The van der Waals surface area contributed by atoms with Crippen LogP contribution in [-0.4, -0.2) is 28.4 Å². The molecule has 0 amide bonds. The fourth-order valence-corrected chi connectivity index (χ4v) is 2.34. The molecule has 8 N–H and O–H groups in total. The van der Waals surface area contributed by atoms with Crippen LogP contribution in [0.4, 0.5) is 22.7 Å². The van der Waals surface area contributed by atoms with E-state index >= 15 is 0 Å². The molecule has 0 aliphatic carbocycles. The van der Waals surface area contributed by atoms with Crippen LogP contribution in [0.15, 0.2) is 12.1 Å². The van der Waals surface area contributed by atoms with Gasteiger partial charge in [-0.05, 0) is 37.1 Å². The molecule has 2 aromatic carbocycles. The number of nitrogen functional groups attached to an aromatic ring is 4. The van der Waals surface area contributed by atoms with Gasteiger partial charge in [0.1, 0.15) is 11.4 Å². The number of hydrogen-bond acceptors (Lipinski definition) is 8. The highest BCUT2D eigenvalue weighted by molar-refractivity contribution is 5.78. The van der Waals surface area contributed by atoms with Crippen molar-refractivity contribution in [1.29, 1.82) is 0 Å². The minimum Gasteiger partial charge on any atom is -0.493 e. The maximum Gasteiger partial charge on any atom is 0.185 e. The van der Waals surface area contributed by atoms with Crippen molar-refractivity contribution < 1.29 is 18.9 Å². The Morgan fingerprint density at radius 3 is 1.08 bits per heavy atom. The largest absolute Gasteiger partial charge is 0.493 e. The number of nitrogens with two attached hydrogens (primary N) is 4. The Kier molecular flexibility index (Phi) is 7.06. The Hall–Kier alpha value is -3.16. The standard InChI is InChI=1S/2C9H14N2O2/c2*1-5-4-6(12-2)9(13-3)8(11)7(5)10/h2*4H,10-11H2,1-3H3. The first-order valence-corrected chi connectivity index (χ1v) is 7.76. The summed E-state index contributed by atoms with van der Waals surface area (Å²) in [4.78, 5) is 0. The fourth-order valence-electron chi connectivity index (χ4n) is 2.34. The minimum absolute atomic E-state index is 0.430. The highest BCUT2D eigenvalue weighted by atomic mass is 16.5. The Morgan fingerprint density at radius 2 is 0.846 bits per heavy atom. The van der Waals surface area contributed by atoms with Crippen LogP contribution in [0.3, 0.4) is 0 Å². The summed E-state index contributed by atoms with van der Waals surface area (Å²) >= 11 is 0. The van der Waals surface area contributed by atoms with E-state index in [0.717, 1.165) is 11.1 Å². The van der Waals surface area contributed by atoms with E-state index in [-0.39, 0.29) is 0 Å². The maximum absolute atomic E-state index is 5.74. The molecule has 8 nitrogen and oxygen atoms in total. The van der Waals surface area contributed by atoms with Gasteiger partial charge in [0.25, 0.3) is 0 Å². The second-order valence-electron chi connectivity index (χ2n) is 5.51. The van der Waals surface area contributed by atoms with Crippen LogP contribution in [-0.2, 0) is 0 Å². The first kappa shape index (κ1) is 20.9. The van der Waals surface area contributed by atoms with Crippen molar-refractivity contribution in [3.63, 3.8) is 0 Å². The van der Waals surface area contributed by atoms with Crippen LogP contribution < -0.4 is 41.9 Å². The van der Waals surface area contributed by atoms with Gasteiger partial charge in [0, 0.05) is 0 Å². The summed E-state index contributed by atoms with van der Waals surface area (Å²) in [5, 5.41) is 0. The van der Waals surface area contributed by atoms with Crippen LogP contribution in [0.5, 0.6) is 23.0 Å². The second-order valence-corrected chi connectivity index (χ2v) is 5.51. The van der Waals surface area contributed by atoms with Crippen molar-refractivity contribution in [2.45, 2.75) is 13.8 Å². The Balaban J connectivity index is 0.000000260. The van der Waals surface area contributed by atoms with Crippen LogP contribution in [0.1, 0.15) is 11.1 Å². The van der Waals surface area contributed by atoms with E-state index in [4.69, 9.17) is 41.9 Å². The van der Waals surface area contributed by atoms with E-state index in [1.807, 2.05) is 13.8 Å². The Bertz CT molecular complexity index is 713. The van der Waals surface area contributed by atoms with Crippen molar-refractivity contribution in [3.8, 4) is 23.0 Å². The van der Waals surface area contributed by atoms with Gasteiger partial charge in [0.05, 0.1) is 39.8 Å². The van der Waals surface area contributed by atoms with Crippen LogP contribution in [0.25, 0.3) is 0 Å². The van der Waals surface area contributed by atoms with E-state index < -0.39 is 0 Å². The van der Waals surface area contributed by atoms with Gasteiger partial charge in [0.2, 0.25) is 0 Å². The zero-order valence-corrected chi connectivity index (χ0v) is 16.1. The number of methoxy groups -OCH3 is 4. The lowest BCUT2D eigenvalue weighted by molar-refractivity contribution is 0.356. The van der Waals surface area contributed by atoms with Gasteiger partial charge in [-0.25, -0.2) is 0 Å². The average Bonchev–Trinajstić information content (AvgIpc) is 2.64. The van der Waals surface area contributed by atoms with E-state index in [1.165, 1.54) is 14.2 Å². The lowest BCUT2D eigenvalue weighted by Gasteiger charge is -2.13. The van der Waals surface area contributed by atoms with Crippen LogP contribution in [0, 0.1) is 13.8 Å². The molecule has 2 rings (SSSR count). The third-order valence-electron chi connectivity index (χ3n) is 3.91. The summed E-state index contributed by atoms with van der Waals surface area (Å²) in [5.74, 6) is 2.19. The van der Waals surface area contributed by atoms with E-state index in [2.05, 4.69) is 0 Å². The smallest absolute Gasteiger partial charge is 0.185 e. The number of ether oxygens (including phenoxy) is 4. The summed E-state index contributed by atoms with van der Waals surface area (Å²) < 4.78 is 20.3. The lowest BCUT2D eigenvalue weighted by atomic mass is 10.1. The molecule has 0 aromatic heterocycles. The third kappa shape index (κ3) is 4.08. The second kappa shape index (κ2) is 8.80. The normalized spacial score (nSPS) is 9.77. The third-order valence-corrected chi connectivity index (χ3v) is 3.91. The molecule has 8 heteroatoms. The first-order chi connectivity index (χ1) is 12.2. The predicted octanol–water partition coefficient (Wildman–Crippen LogP) is 2.35. The Morgan fingerprint density at radius 1 is 0.538 bits per heavy atom. The van der Waals surface area contributed by atoms with Gasteiger partial charge < -0.3 is 41.9 Å². The lowest BCUT2D eigenvalue weighted by Crippen LogP contribution is -2.02. The Labute approximate surface area is 153 Å². The number of benzene rings is 2. The number of hydrogen-bond donors (Lipinski definition) is 4. The molecule has 0 bridgehead atoms. The number of aryl methyl sites for hydroxylation is 2. The van der Waals surface area contributed by atoms with Crippen molar-refractivity contribution in [3.05, 3.63) is 23.3 Å². The van der Waals surface area contributed by atoms with Crippen LogP contribution >= 0.6 is 0 Å². The zero-order chi connectivity index (χ0) is 20.0. The molecule has 2 aromatic rings. The van der Waals surface area contributed by atoms with E-state index in [9.17, 15) is 0 Å². The van der Waals surface area contributed by atoms with Gasteiger partial charge in [-0.1, -0.05) is 0 Å². The van der Waals surface area contributed by atoms with Gasteiger partial charge in [-0.2, -0.15) is 0 Å². The highest BCUT2D eigenvalue weighted by Crippen LogP contribution is 2.40. The predicted molar refractivity (Wildman–Crippen MR) is 106 cm³/mol. The zero-order valence-electron chi connectivity index (χ0n) is 16.1.